The molecule has 1 aliphatic heterocycles. The van der Waals surface area contributed by atoms with Gasteiger partial charge in [0, 0.05) is 23.7 Å². The van der Waals surface area contributed by atoms with Crippen LogP contribution in [-0.2, 0) is 14.4 Å². The number of anilines is 1. The van der Waals surface area contributed by atoms with E-state index in [4.69, 9.17) is 11.6 Å². The average molecular weight is 392 g/mol. The molecule has 1 saturated carbocycles. The van der Waals surface area contributed by atoms with Crippen molar-refractivity contribution in [3.8, 4) is 0 Å². The van der Waals surface area contributed by atoms with E-state index in [1.807, 2.05) is 13.0 Å². The van der Waals surface area contributed by atoms with Gasteiger partial charge in [-0.15, -0.1) is 0 Å². The van der Waals surface area contributed by atoms with Crippen LogP contribution in [0.5, 0.6) is 0 Å². The topological polar surface area (TPSA) is 60.9 Å². The molecule has 1 aromatic rings. The van der Waals surface area contributed by atoms with Gasteiger partial charge in [-0.2, -0.15) is 0 Å². The molecule has 2 aliphatic rings. The highest BCUT2D eigenvalue weighted by atomic mass is 35.5. The molecule has 2 fully saturated rings. The van der Waals surface area contributed by atoms with Gasteiger partial charge in [0.1, 0.15) is 19.8 Å². The van der Waals surface area contributed by atoms with E-state index >= 15 is 0 Å². The fourth-order valence-corrected chi connectivity index (χ4v) is 4.12. The Hall–Kier alpha value is -2.08. The van der Waals surface area contributed by atoms with Crippen LogP contribution in [0.4, 0.5) is 5.69 Å². The summed E-state index contributed by atoms with van der Waals surface area (Å²) in [6.45, 7) is 3.63. The Bertz CT molecular complexity index is 746. The zero-order chi connectivity index (χ0) is 19.6. The lowest BCUT2D eigenvalue weighted by molar-refractivity contribution is -0.141. The first kappa shape index (κ1) is 19.7. The summed E-state index contributed by atoms with van der Waals surface area (Å²) in [6.07, 6.45) is 5.25. The maximum Gasteiger partial charge on any atom is 0.248 e. The molecule has 6 nitrogen and oxygen atoms in total. The van der Waals surface area contributed by atoms with Gasteiger partial charge in [-0.25, -0.2) is 0 Å². The number of hydrogen-bond donors (Lipinski definition) is 0. The van der Waals surface area contributed by atoms with E-state index in [1.54, 1.807) is 21.9 Å². The maximum atomic E-state index is 12.8. The van der Waals surface area contributed by atoms with Crippen LogP contribution in [0, 0.1) is 6.92 Å². The Morgan fingerprint density at radius 1 is 1.22 bits per heavy atom. The normalized spacial score (nSPS) is 18.1. The SMILES string of the molecule is CC(=O)N(CC(=O)N1CC(=O)N(c2cccc(Cl)c2C)C1)C1CCCCC1. The largest absolute Gasteiger partial charge is 0.331 e. The van der Waals surface area contributed by atoms with Crippen LogP contribution >= 0.6 is 11.6 Å². The molecule has 1 saturated heterocycles. The van der Waals surface area contributed by atoms with Crippen molar-refractivity contribution >= 4 is 35.0 Å². The van der Waals surface area contributed by atoms with Gasteiger partial charge in [-0.1, -0.05) is 36.9 Å². The number of nitrogens with zero attached hydrogens (tertiary/aromatic N) is 3. The van der Waals surface area contributed by atoms with Crippen molar-refractivity contribution in [2.45, 2.75) is 52.0 Å². The standard InChI is InChI=1S/C20H26ClN3O3/c1-14-17(21)9-6-10-18(14)24-13-22(11-20(24)27)19(26)12-23(15(2)25)16-7-4-3-5-8-16/h6,9-10,16H,3-5,7-8,11-13H2,1-2H3. The van der Waals surface area contributed by atoms with E-state index < -0.39 is 0 Å². The van der Waals surface area contributed by atoms with E-state index in [0.29, 0.717) is 5.02 Å². The maximum absolute atomic E-state index is 12.8. The van der Waals surface area contributed by atoms with Crippen molar-refractivity contribution < 1.29 is 14.4 Å². The molecule has 7 heteroatoms. The van der Waals surface area contributed by atoms with E-state index in [9.17, 15) is 14.4 Å². The van der Waals surface area contributed by atoms with Crippen LogP contribution < -0.4 is 4.90 Å². The first-order valence-electron chi connectivity index (χ1n) is 9.49. The number of carbonyl (C=O) groups excluding carboxylic acids is 3. The van der Waals surface area contributed by atoms with Crippen molar-refractivity contribution in [1.29, 1.82) is 0 Å². The van der Waals surface area contributed by atoms with E-state index in [0.717, 1.165) is 36.9 Å². The molecule has 3 amide bonds. The number of rotatable bonds is 4. The number of benzene rings is 1. The van der Waals surface area contributed by atoms with Gasteiger partial charge in [0.05, 0.1) is 0 Å². The van der Waals surface area contributed by atoms with Gasteiger partial charge in [-0.3, -0.25) is 19.3 Å². The van der Waals surface area contributed by atoms with Gasteiger partial charge >= 0.3 is 0 Å². The minimum atomic E-state index is -0.189. The van der Waals surface area contributed by atoms with Gasteiger partial charge in [0.15, 0.2) is 0 Å². The van der Waals surface area contributed by atoms with Crippen LogP contribution in [0.25, 0.3) is 0 Å². The molecule has 1 aromatic carbocycles. The molecule has 3 rings (SSSR count). The number of hydrogen-bond acceptors (Lipinski definition) is 3. The summed E-state index contributed by atoms with van der Waals surface area (Å²) < 4.78 is 0. The molecule has 1 heterocycles. The Kier molecular flexibility index (Phi) is 6.05. The lowest BCUT2D eigenvalue weighted by Gasteiger charge is -2.34. The highest BCUT2D eigenvalue weighted by Crippen LogP contribution is 2.29. The van der Waals surface area contributed by atoms with Crippen molar-refractivity contribution in [2.24, 2.45) is 0 Å². The molecule has 0 bridgehead atoms. The molecule has 0 atom stereocenters. The molecule has 0 radical (unpaired) electrons. The molecular formula is C20H26ClN3O3. The second-order valence-electron chi connectivity index (χ2n) is 7.38. The van der Waals surface area contributed by atoms with Crippen LogP contribution in [-0.4, -0.2) is 53.3 Å². The predicted octanol–water partition coefficient (Wildman–Crippen LogP) is 2.96. The van der Waals surface area contributed by atoms with Crippen molar-refractivity contribution in [1.82, 2.24) is 9.80 Å². The zero-order valence-corrected chi connectivity index (χ0v) is 16.7. The number of amides is 3. The average Bonchev–Trinajstić information content (AvgIpc) is 3.04. The lowest BCUT2D eigenvalue weighted by atomic mass is 9.94. The highest BCUT2D eigenvalue weighted by Gasteiger charge is 2.34. The summed E-state index contributed by atoms with van der Waals surface area (Å²) >= 11 is 6.17. The monoisotopic (exact) mass is 391 g/mol. The zero-order valence-electron chi connectivity index (χ0n) is 15.9. The molecular weight excluding hydrogens is 366 g/mol. The molecule has 0 N–H and O–H groups in total. The summed E-state index contributed by atoms with van der Waals surface area (Å²) in [5.74, 6) is -0.407. The Balaban J connectivity index is 1.69. The predicted molar refractivity (Wildman–Crippen MR) is 105 cm³/mol. The minimum absolute atomic E-state index is 0.0290. The molecule has 0 unspecified atom stereocenters. The fourth-order valence-electron chi connectivity index (χ4n) is 3.95. The first-order chi connectivity index (χ1) is 12.9. The summed E-state index contributed by atoms with van der Waals surface area (Å²) in [5, 5.41) is 0.588. The van der Waals surface area contributed by atoms with Crippen LogP contribution in [0.3, 0.4) is 0 Å². The fraction of sp³-hybridized carbons (Fsp3) is 0.550. The third-order valence-electron chi connectivity index (χ3n) is 5.55. The Morgan fingerprint density at radius 2 is 1.93 bits per heavy atom. The van der Waals surface area contributed by atoms with Crippen LogP contribution in [0.15, 0.2) is 18.2 Å². The number of halogens is 1. The lowest BCUT2D eigenvalue weighted by Crippen LogP contribution is -2.47. The van der Waals surface area contributed by atoms with Gasteiger partial charge in [-0.05, 0) is 37.5 Å². The summed E-state index contributed by atoms with van der Waals surface area (Å²) in [5.41, 5.74) is 1.54. The second kappa shape index (κ2) is 8.30. The highest BCUT2D eigenvalue weighted by molar-refractivity contribution is 6.31. The molecule has 1 aliphatic carbocycles. The van der Waals surface area contributed by atoms with E-state index in [1.165, 1.54) is 18.2 Å². The van der Waals surface area contributed by atoms with Crippen molar-refractivity contribution in [3.05, 3.63) is 28.8 Å². The Labute approximate surface area is 165 Å². The molecule has 0 aromatic heterocycles. The summed E-state index contributed by atoms with van der Waals surface area (Å²) in [7, 11) is 0. The third-order valence-corrected chi connectivity index (χ3v) is 5.96. The quantitative estimate of drug-likeness (QED) is 0.792. The first-order valence-corrected chi connectivity index (χ1v) is 9.86. The number of carbonyl (C=O) groups is 3. The molecule has 146 valence electrons. The molecule has 0 spiro atoms. The van der Waals surface area contributed by atoms with Crippen LogP contribution in [0.1, 0.15) is 44.6 Å². The van der Waals surface area contributed by atoms with Gasteiger partial charge in [0.2, 0.25) is 17.7 Å². The summed E-state index contributed by atoms with van der Waals surface area (Å²) in [4.78, 5) is 42.2. The van der Waals surface area contributed by atoms with Gasteiger partial charge < -0.3 is 9.80 Å². The van der Waals surface area contributed by atoms with Crippen molar-refractivity contribution in [3.63, 3.8) is 0 Å². The van der Waals surface area contributed by atoms with Gasteiger partial charge in [0.25, 0.3) is 0 Å². The molecule has 27 heavy (non-hydrogen) atoms. The smallest absolute Gasteiger partial charge is 0.248 e. The van der Waals surface area contributed by atoms with E-state index in [2.05, 4.69) is 0 Å². The summed E-state index contributed by atoms with van der Waals surface area (Å²) in [6, 6.07) is 5.53. The Morgan fingerprint density at radius 3 is 2.59 bits per heavy atom. The van der Waals surface area contributed by atoms with Crippen molar-refractivity contribution in [2.75, 3.05) is 24.7 Å². The minimum Gasteiger partial charge on any atom is -0.331 e. The van der Waals surface area contributed by atoms with E-state index in [-0.39, 0.29) is 43.5 Å². The van der Waals surface area contributed by atoms with Crippen LogP contribution in [0.2, 0.25) is 5.02 Å². The second-order valence-corrected chi connectivity index (χ2v) is 7.78. The third kappa shape index (κ3) is 4.26.